The molecule has 1 amide bonds. The van der Waals surface area contributed by atoms with Crippen LogP contribution in [0.1, 0.15) is 16.8 Å². The van der Waals surface area contributed by atoms with Gasteiger partial charge in [0.1, 0.15) is 6.61 Å². The number of carbonyl (C=O) groups is 2. The number of esters is 1. The number of nitrogens with two attached hydrogens (primary N) is 1. The third kappa shape index (κ3) is 3.78. The van der Waals surface area contributed by atoms with Crippen LogP contribution in [0.5, 0.6) is 0 Å². The highest BCUT2D eigenvalue weighted by atomic mass is 35.5. The summed E-state index contributed by atoms with van der Waals surface area (Å²) in [5, 5.41) is 2.78. The van der Waals surface area contributed by atoms with Crippen molar-refractivity contribution in [3.63, 3.8) is 0 Å². The lowest BCUT2D eigenvalue weighted by atomic mass is 10.2. The Bertz CT molecular complexity index is 454. The summed E-state index contributed by atoms with van der Waals surface area (Å²) in [6.45, 7) is -0.0152. The van der Waals surface area contributed by atoms with Gasteiger partial charge in [-0.1, -0.05) is 23.2 Å². The van der Waals surface area contributed by atoms with Gasteiger partial charge < -0.3 is 15.8 Å². The summed E-state index contributed by atoms with van der Waals surface area (Å²) in [7, 11) is 1.50. The van der Waals surface area contributed by atoms with Crippen LogP contribution in [0, 0.1) is 0 Å². The number of ether oxygens (including phenoxy) is 1. The number of hydrogen-bond acceptors (Lipinski definition) is 4. The van der Waals surface area contributed by atoms with Crippen molar-refractivity contribution in [2.24, 2.45) is 0 Å². The first kappa shape index (κ1) is 14.6. The van der Waals surface area contributed by atoms with Crippen molar-refractivity contribution in [3.8, 4) is 0 Å². The minimum atomic E-state index is -0.607. The fourth-order valence-corrected chi connectivity index (χ4v) is 1.51. The molecule has 3 N–H and O–H groups in total. The van der Waals surface area contributed by atoms with Crippen LogP contribution in [0.2, 0.25) is 10.0 Å². The van der Waals surface area contributed by atoms with E-state index in [2.05, 4.69) is 5.32 Å². The smallest absolute Gasteiger partial charge is 0.338 e. The standard InChI is InChI=1S/C11H12Cl2N2O3/c1-15-9(16)2-3-18-11(17)6-4-7(12)10(13)8(14)5-6/h4-5H,2-3,14H2,1H3,(H,15,16). The Kier molecular flexibility index (Phi) is 5.25. The minimum Gasteiger partial charge on any atom is -0.462 e. The molecule has 18 heavy (non-hydrogen) atoms. The molecule has 7 heteroatoms. The molecule has 0 saturated carbocycles. The number of carbonyl (C=O) groups excluding carboxylic acids is 2. The predicted molar refractivity (Wildman–Crippen MR) is 69.8 cm³/mol. The molecule has 0 aliphatic heterocycles. The normalized spacial score (nSPS) is 9.94. The van der Waals surface area contributed by atoms with Gasteiger partial charge in [0.15, 0.2) is 0 Å². The van der Waals surface area contributed by atoms with Gasteiger partial charge in [0, 0.05) is 7.05 Å². The van der Waals surface area contributed by atoms with Crippen molar-refractivity contribution < 1.29 is 14.3 Å². The molecular formula is C11H12Cl2N2O3. The fourth-order valence-electron chi connectivity index (χ4n) is 1.17. The Morgan fingerprint density at radius 3 is 2.61 bits per heavy atom. The van der Waals surface area contributed by atoms with Gasteiger partial charge in [-0.2, -0.15) is 0 Å². The van der Waals surface area contributed by atoms with Crippen LogP contribution in [0.3, 0.4) is 0 Å². The van der Waals surface area contributed by atoms with E-state index in [4.69, 9.17) is 33.7 Å². The molecule has 98 valence electrons. The van der Waals surface area contributed by atoms with Gasteiger partial charge in [-0.05, 0) is 12.1 Å². The molecule has 0 radical (unpaired) electrons. The Hall–Kier alpha value is -1.46. The third-order valence-electron chi connectivity index (χ3n) is 2.13. The number of hydrogen-bond donors (Lipinski definition) is 2. The van der Waals surface area contributed by atoms with E-state index in [1.54, 1.807) is 0 Å². The molecule has 0 aromatic heterocycles. The summed E-state index contributed by atoms with van der Waals surface area (Å²) in [5.74, 6) is -0.819. The summed E-state index contributed by atoms with van der Waals surface area (Å²) in [6, 6.07) is 2.74. The second-order valence-electron chi connectivity index (χ2n) is 3.42. The maximum atomic E-state index is 11.6. The first-order valence-corrected chi connectivity index (χ1v) is 5.83. The first-order valence-electron chi connectivity index (χ1n) is 5.08. The molecule has 0 aliphatic rings. The van der Waals surface area contributed by atoms with Crippen LogP contribution >= 0.6 is 23.2 Å². The first-order chi connectivity index (χ1) is 8.45. The van der Waals surface area contributed by atoms with Gasteiger partial charge in [-0.25, -0.2) is 4.79 Å². The number of nitrogens with one attached hydrogen (secondary N) is 1. The molecule has 5 nitrogen and oxygen atoms in total. The van der Waals surface area contributed by atoms with Crippen molar-refractivity contribution in [2.75, 3.05) is 19.4 Å². The van der Waals surface area contributed by atoms with E-state index in [-0.39, 0.29) is 40.2 Å². The molecule has 0 spiro atoms. The number of benzene rings is 1. The van der Waals surface area contributed by atoms with Gasteiger partial charge in [0.2, 0.25) is 5.91 Å². The van der Waals surface area contributed by atoms with Gasteiger partial charge in [0.05, 0.1) is 27.7 Å². The average molecular weight is 291 g/mol. The molecular weight excluding hydrogens is 279 g/mol. The van der Waals surface area contributed by atoms with Crippen molar-refractivity contribution in [2.45, 2.75) is 6.42 Å². The number of anilines is 1. The zero-order chi connectivity index (χ0) is 13.7. The summed E-state index contributed by atoms with van der Waals surface area (Å²) in [6.07, 6.45) is 0.0963. The predicted octanol–water partition coefficient (Wildman–Crippen LogP) is 1.87. The van der Waals surface area contributed by atoms with Crippen molar-refractivity contribution >= 4 is 40.8 Å². The van der Waals surface area contributed by atoms with E-state index >= 15 is 0 Å². The molecule has 0 atom stereocenters. The third-order valence-corrected chi connectivity index (χ3v) is 2.95. The molecule has 0 aliphatic carbocycles. The quantitative estimate of drug-likeness (QED) is 0.655. The zero-order valence-electron chi connectivity index (χ0n) is 9.63. The SMILES string of the molecule is CNC(=O)CCOC(=O)c1cc(N)c(Cl)c(Cl)c1. The van der Waals surface area contributed by atoms with E-state index in [1.165, 1.54) is 19.2 Å². The summed E-state index contributed by atoms with van der Waals surface area (Å²) >= 11 is 11.5. The maximum absolute atomic E-state index is 11.6. The van der Waals surface area contributed by atoms with Crippen molar-refractivity contribution in [1.29, 1.82) is 0 Å². The topological polar surface area (TPSA) is 81.4 Å². The Morgan fingerprint density at radius 1 is 1.39 bits per heavy atom. The summed E-state index contributed by atoms with van der Waals surface area (Å²) in [4.78, 5) is 22.5. The number of rotatable bonds is 4. The van der Waals surface area contributed by atoms with E-state index < -0.39 is 5.97 Å². The molecule has 1 rings (SSSR count). The lowest BCUT2D eigenvalue weighted by molar-refractivity contribution is -0.121. The largest absolute Gasteiger partial charge is 0.462 e. The lowest BCUT2D eigenvalue weighted by Gasteiger charge is -2.07. The van der Waals surface area contributed by atoms with E-state index in [0.29, 0.717) is 0 Å². The molecule has 1 aromatic carbocycles. The van der Waals surface area contributed by atoms with E-state index in [9.17, 15) is 9.59 Å². The molecule has 0 unspecified atom stereocenters. The Morgan fingerprint density at radius 2 is 2.06 bits per heavy atom. The summed E-state index contributed by atoms with van der Waals surface area (Å²) in [5.41, 5.74) is 5.96. The molecule has 0 heterocycles. The van der Waals surface area contributed by atoms with Crippen molar-refractivity contribution in [3.05, 3.63) is 27.7 Å². The van der Waals surface area contributed by atoms with Crippen LogP contribution in [0.15, 0.2) is 12.1 Å². The van der Waals surface area contributed by atoms with Crippen LogP contribution in [-0.4, -0.2) is 25.5 Å². The van der Waals surface area contributed by atoms with Crippen LogP contribution in [-0.2, 0) is 9.53 Å². The van der Waals surface area contributed by atoms with E-state index in [0.717, 1.165) is 0 Å². The number of halogens is 2. The second-order valence-corrected chi connectivity index (χ2v) is 4.21. The minimum absolute atomic E-state index is 0.0152. The average Bonchev–Trinajstić information content (AvgIpc) is 2.34. The van der Waals surface area contributed by atoms with E-state index in [1.807, 2.05) is 0 Å². The second kappa shape index (κ2) is 6.47. The molecule has 1 aromatic rings. The number of nitrogen functional groups attached to an aromatic ring is 1. The maximum Gasteiger partial charge on any atom is 0.338 e. The van der Waals surface area contributed by atoms with Crippen LogP contribution in [0.4, 0.5) is 5.69 Å². The lowest BCUT2D eigenvalue weighted by Crippen LogP contribution is -2.20. The summed E-state index contributed by atoms with van der Waals surface area (Å²) < 4.78 is 4.89. The van der Waals surface area contributed by atoms with Gasteiger partial charge >= 0.3 is 5.97 Å². The monoisotopic (exact) mass is 290 g/mol. The zero-order valence-corrected chi connectivity index (χ0v) is 11.1. The highest BCUT2D eigenvalue weighted by Gasteiger charge is 2.12. The van der Waals surface area contributed by atoms with Crippen LogP contribution in [0.25, 0.3) is 0 Å². The number of amides is 1. The Balaban J connectivity index is 2.65. The van der Waals surface area contributed by atoms with Gasteiger partial charge in [-0.3, -0.25) is 4.79 Å². The highest BCUT2D eigenvalue weighted by Crippen LogP contribution is 2.29. The van der Waals surface area contributed by atoms with Gasteiger partial charge in [0.25, 0.3) is 0 Å². The Labute approximate surface area is 114 Å². The highest BCUT2D eigenvalue weighted by molar-refractivity contribution is 6.43. The fraction of sp³-hybridized carbons (Fsp3) is 0.273. The molecule has 0 bridgehead atoms. The van der Waals surface area contributed by atoms with Gasteiger partial charge in [-0.15, -0.1) is 0 Å². The van der Waals surface area contributed by atoms with Crippen LogP contribution < -0.4 is 11.1 Å². The van der Waals surface area contributed by atoms with Crippen molar-refractivity contribution in [1.82, 2.24) is 5.32 Å². The molecule has 0 fully saturated rings. The molecule has 0 saturated heterocycles.